The smallest absolute Gasteiger partial charge is 0.222 e. The third kappa shape index (κ3) is 31.3. The zero-order valence-corrected chi connectivity index (χ0v) is 29.8. The molecule has 3 unspecified atom stereocenters. The van der Waals surface area contributed by atoms with Gasteiger partial charge in [0.15, 0.2) is 0 Å². The van der Waals surface area contributed by atoms with E-state index in [2.05, 4.69) is 19.2 Å². The van der Waals surface area contributed by atoms with Gasteiger partial charge in [0.2, 0.25) is 5.91 Å². The van der Waals surface area contributed by atoms with Gasteiger partial charge in [-0.3, -0.25) is 4.79 Å². The molecule has 0 aromatic heterocycles. The van der Waals surface area contributed by atoms with Crippen molar-refractivity contribution in [3.05, 3.63) is 0 Å². The van der Waals surface area contributed by atoms with Crippen molar-refractivity contribution < 1.29 is 20.1 Å². The fourth-order valence-electron chi connectivity index (χ4n) is 6.35. The molecule has 0 fully saturated rings. The molecular formula is C39H79NO4. The molecule has 0 spiro atoms. The Morgan fingerprint density at radius 3 is 1.09 bits per heavy atom. The number of hydrogen-bond donors (Lipinski definition) is 4. The Bertz CT molecular complexity index is 572. The second-order valence-electron chi connectivity index (χ2n) is 13.9. The van der Waals surface area contributed by atoms with Gasteiger partial charge in [-0.15, -0.1) is 0 Å². The number of carbonyl (C=O) groups is 1. The van der Waals surface area contributed by atoms with E-state index < -0.39 is 18.2 Å². The van der Waals surface area contributed by atoms with Gasteiger partial charge in [-0.25, -0.2) is 0 Å². The van der Waals surface area contributed by atoms with Crippen LogP contribution in [0.4, 0.5) is 0 Å². The van der Waals surface area contributed by atoms with Crippen LogP contribution in [0.25, 0.3) is 0 Å². The number of aliphatic hydroxyl groups excluding tert-OH is 3. The van der Waals surface area contributed by atoms with E-state index in [1.54, 1.807) is 0 Å². The lowest BCUT2D eigenvalue weighted by molar-refractivity contribution is -0.125. The lowest BCUT2D eigenvalue weighted by Crippen LogP contribution is -2.46. The quantitative estimate of drug-likeness (QED) is 0.0521. The maximum Gasteiger partial charge on any atom is 0.222 e. The molecule has 0 aromatic carbocycles. The lowest BCUT2D eigenvalue weighted by atomic mass is 10.0. The molecule has 0 aliphatic heterocycles. The first-order valence-corrected chi connectivity index (χ1v) is 19.8. The second-order valence-corrected chi connectivity index (χ2v) is 13.9. The lowest BCUT2D eigenvalue weighted by Gasteiger charge is -2.23. The minimum absolute atomic E-state index is 0.0423. The van der Waals surface area contributed by atoms with Crippen molar-refractivity contribution in [3.63, 3.8) is 0 Å². The Hall–Kier alpha value is -0.650. The first kappa shape index (κ1) is 43.4. The molecule has 0 saturated heterocycles. The molecule has 0 heterocycles. The summed E-state index contributed by atoms with van der Waals surface area (Å²) in [5.74, 6) is -0.280. The second kappa shape index (κ2) is 35.2. The highest BCUT2D eigenvalue weighted by atomic mass is 16.3. The molecule has 0 aromatic rings. The number of aliphatic hydroxyl groups is 3. The number of unbranched alkanes of at least 4 members (excludes halogenated alkanes) is 27. The molecule has 0 rings (SSSR count). The highest BCUT2D eigenvalue weighted by molar-refractivity contribution is 5.76. The number of nitrogens with one attached hydrogen (secondary N) is 1. The van der Waals surface area contributed by atoms with Crippen LogP contribution in [0, 0.1) is 0 Å². The third-order valence-electron chi connectivity index (χ3n) is 9.42. The van der Waals surface area contributed by atoms with Crippen molar-refractivity contribution in [2.45, 2.75) is 238 Å². The number of amides is 1. The highest BCUT2D eigenvalue weighted by Crippen LogP contribution is 2.16. The molecule has 0 aliphatic carbocycles. The number of hydrogen-bond acceptors (Lipinski definition) is 4. The molecule has 0 bridgehead atoms. The first-order valence-electron chi connectivity index (χ1n) is 19.8. The van der Waals surface area contributed by atoms with Gasteiger partial charge in [-0.05, 0) is 12.8 Å². The van der Waals surface area contributed by atoms with Crippen molar-refractivity contribution in [1.29, 1.82) is 0 Å². The molecule has 4 N–H and O–H groups in total. The zero-order valence-electron chi connectivity index (χ0n) is 29.8. The van der Waals surface area contributed by atoms with Crippen molar-refractivity contribution in [1.82, 2.24) is 5.32 Å². The molecule has 44 heavy (non-hydrogen) atoms. The van der Waals surface area contributed by atoms with Gasteiger partial charge in [-0.1, -0.05) is 200 Å². The van der Waals surface area contributed by atoms with Crippen LogP contribution < -0.4 is 5.32 Å². The molecule has 0 radical (unpaired) electrons. The van der Waals surface area contributed by atoms with Crippen LogP contribution in [0.5, 0.6) is 0 Å². The normalized spacial score (nSPS) is 13.7. The average Bonchev–Trinajstić information content (AvgIpc) is 3.01. The topological polar surface area (TPSA) is 89.8 Å². The van der Waals surface area contributed by atoms with E-state index in [1.807, 2.05) is 0 Å². The molecule has 5 heteroatoms. The van der Waals surface area contributed by atoms with Crippen LogP contribution in [-0.4, -0.2) is 46.1 Å². The van der Waals surface area contributed by atoms with Crippen molar-refractivity contribution in [2.24, 2.45) is 0 Å². The van der Waals surface area contributed by atoms with Crippen molar-refractivity contribution in [2.75, 3.05) is 6.61 Å². The van der Waals surface area contributed by atoms with Crippen LogP contribution in [0.15, 0.2) is 0 Å². The SMILES string of the molecule is CCCCCCCCCCCCCCCCCC(O)CC(=O)NC(CO)C(O)CCCCCCCCCCCCCCCC. The van der Waals surface area contributed by atoms with E-state index in [4.69, 9.17) is 0 Å². The van der Waals surface area contributed by atoms with E-state index in [-0.39, 0.29) is 18.9 Å². The molecule has 5 nitrogen and oxygen atoms in total. The predicted octanol–water partition coefficient (Wildman–Crippen LogP) is 10.7. The van der Waals surface area contributed by atoms with Gasteiger partial charge >= 0.3 is 0 Å². The van der Waals surface area contributed by atoms with E-state index >= 15 is 0 Å². The Kier molecular flexibility index (Phi) is 34.7. The minimum atomic E-state index is -0.742. The minimum Gasteiger partial charge on any atom is -0.394 e. The Balaban J connectivity index is 3.62. The third-order valence-corrected chi connectivity index (χ3v) is 9.42. The summed E-state index contributed by atoms with van der Waals surface area (Å²) in [6, 6.07) is -0.650. The van der Waals surface area contributed by atoms with Crippen LogP contribution in [0.3, 0.4) is 0 Å². The summed E-state index contributed by atoms with van der Waals surface area (Å²) in [5, 5.41) is 33.3. The van der Waals surface area contributed by atoms with Gasteiger partial charge in [0.25, 0.3) is 0 Å². The predicted molar refractivity (Wildman–Crippen MR) is 190 cm³/mol. The Morgan fingerprint density at radius 1 is 0.477 bits per heavy atom. The Labute approximate surface area is 275 Å². The maximum atomic E-state index is 12.4. The molecular weight excluding hydrogens is 546 g/mol. The van der Waals surface area contributed by atoms with E-state index in [9.17, 15) is 20.1 Å². The van der Waals surface area contributed by atoms with Crippen molar-refractivity contribution >= 4 is 5.91 Å². The molecule has 1 amide bonds. The molecule has 0 aliphatic rings. The van der Waals surface area contributed by atoms with Gasteiger partial charge in [0, 0.05) is 0 Å². The fourth-order valence-corrected chi connectivity index (χ4v) is 6.35. The number of rotatable bonds is 36. The Morgan fingerprint density at radius 2 is 0.773 bits per heavy atom. The van der Waals surface area contributed by atoms with Crippen LogP contribution in [0.2, 0.25) is 0 Å². The number of carbonyl (C=O) groups excluding carboxylic acids is 1. The van der Waals surface area contributed by atoms with E-state index in [0.717, 1.165) is 25.7 Å². The molecule has 3 atom stereocenters. The monoisotopic (exact) mass is 626 g/mol. The van der Waals surface area contributed by atoms with Gasteiger partial charge in [0.1, 0.15) is 0 Å². The van der Waals surface area contributed by atoms with Gasteiger partial charge in [-0.2, -0.15) is 0 Å². The largest absolute Gasteiger partial charge is 0.394 e. The average molecular weight is 626 g/mol. The summed E-state index contributed by atoms with van der Waals surface area (Å²) in [6.45, 7) is 4.26. The van der Waals surface area contributed by atoms with E-state index in [1.165, 1.54) is 161 Å². The van der Waals surface area contributed by atoms with Crippen LogP contribution >= 0.6 is 0 Å². The van der Waals surface area contributed by atoms with Crippen LogP contribution in [0.1, 0.15) is 219 Å². The van der Waals surface area contributed by atoms with Gasteiger partial charge in [0.05, 0.1) is 31.3 Å². The van der Waals surface area contributed by atoms with Crippen molar-refractivity contribution in [3.8, 4) is 0 Å². The zero-order chi connectivity index (χ0) is 32.4. The highest BCUT2D eigenvalue weighted by Gasteiger charge is 2.21. The standard InChI is InChI=1S/C39H79NO4/c1-3-5-7-9-11-13-15-17-19-20-22-24-26-28-30-32-36(42)34-39(44)40-37(35-41)38(43)33-31-29-27-25-23-21-18-16-14-12-10-8-6-4-2/h36-38,41-43H,3-35H2,1-2H3,(H,40,44). The van der Waals surface area contributed by atoms with Crippen LogP contribution in [-0.2, 0) is 4.79 Å². The first-order chi connectivity index (χ1) is 21.5. The summed E-state index contributed by atoms with van der Waals surface area (Å²) in [5.41, 5.74) is 0. The maximum absolute atomic E-state index is 12.4. The summed E-state index contributed by atoms with van der Waals surface area (Å²) in [7, 11) is 0. The molecule has 264 valence electrons. The summed E-state index contributed by atoms with van der Waals surface area (Å²) in [4.78, 5) is 12.4. The summed E-state index contributed by atoms with van der Waals surface area (Å²) < 4.78 is 0. The van der Waals surface area contributed by atoms with Gasteiger partial charge < -0.3 is 20.6 Å². The summed E-state index contributed by atoms with van der Waals surface area (Å²) >= 11 is 0. The van der Waals surface area contributed by atoms with E-state index in [0.29, 0.717) is 12.8 Å². The fraction of sp³-hybridized carbons (Fsp3) is 0.974. The molecule has 0 saturated carbocycles. The summed E-state index contributed by atoms with van der Waals surface area (Å²) in [6.07, 6.45) is 37.7.